The second-order valence-electron chi connectivity index (χ2n) is 3.55. The first-order valence-corrected chi connectivity index (χ1v) is 6.26. The number of ether oxygens (including phenoxy) is 1. The molecule has 0 saturated heterocycles. The molecular weight excluding hydrogens is 227 g/mol. The van der Waals surface area contributed by atoms with Crippen molar-refractivity contribution in [3.05, 3.63) is 30.1 Å². The van der Waals surface area contributed by atoms with E-state index < -0.39 is 0 Å². The van der Waals surface area contributed by atoms with Crippen molar-refractivity contribution in [3.8, 4) is 0 Å². The third-order valence-electron chi connectivity index (χ3n) is 2.14. The Bertz CT molecular complexity index is 290. The zero-order chi connectivity index (χ0) is 11.8. The van der Waals surface area contributed by atoms with Gasteiger partial charge in [0.2, 0.25) is 0 Å². The molecule has 0 aromatic heterocycles. The molecule has 16 heavy (non-hydrogen) atoms. The lowest BCUT2D eigenvalue weighted by atomic mass is 10.2. The largest absolute Gasteiger partial charge is 0.392 e. The molecule has 1 rings (SSSR count). The molecule has 1 aromatic rings. The van der Waals surface area contributed by atoms with Crippen LogP contribution >= 0.6 is 11.8 Å². The number of methoxy groups -OCH3 is 1. The molecule has 0 radical (unpaired) electrons. The summed E-state index contributed by atoms with van der Waals surface area (Å²) in [5.41, 5.74) is 0. The average molecular weight is 244 g/mol. The lowest BCUT2D eigenvalue weighted by Crippen LogP contribution is -2.10. The normalized spacial score (nSPS) is 12.7. The van der Waals surface area contributed by atoms with E-state index in [4.69, 9.17) is 4.74 Å². The summed E-state index contributed by atoms with van der Waals surface area (Å²) < 4.78 is 17.5. The SMILES string of the molecule is COCCCC(O)CSc1ccc(F)cc1. The molecule has 0 spiro atoms. The second-order valence-corrected chi connectivity index (χ2v) is 4.65. The minimum atomic E-state index is -0.329. The third kappa shape index (κ3) is 5.49. The van der Waals surface area contributed by atoms with Crippen LogP contribution in [0.5, 0.6) is 0 Å². The number of aliphatic hydroxyl groups is 1. The fourth-order valence-corrected chi connectivity index (χ4v) is 2.15. The molecule has 90 valence electrons. The first-order valence-electron chi connectivity index (χ1n) is 5.27. The van der Waals surface area contributed by atoms with Crippen molar-refractivity contribution in [2.24, 2.45) is 0 Å². The van der Waals surface area contributed by atoms with Gasteiger partial charge in [-0.3, -0.25) is 0 Å². The third-order valence-corrected chi connectivity index (χ3v) is 3.30. The number of halogens is 1. The van der Waals surface area contributed by atoms with Crippen molar-refractivity contribution in [2.75, 3.05) is 19.5 Å². The standard InChI is InChI=1S/C12H17FO2S/c1-15-8-2-3-11(14)9-16-12-6-4-10(13)5-7-12/h4-7,11,14H,2-3,8-9H2,1H3. The summed E-state index contributed by atoms with van der Waals surface area (Å²) >= 11 is 1.54. The van der Waals surface area contributed by atoms with E-state index in [9.17, 15) is 9.50 Å². The molecule has 2 nitrogen and oxygen atoms in total. The minimum absolute atomic E-state index is 0.231. The zero-order valence-corrected chi connectivity index (χ0v) is 10.2. The van der Waals surface area contributed by atoms with Crippen molar-refractivity contribution in [2.45, 2.75) is 23.8 Å². The number of benzene rings is 1. The van der Waals surface area contributed by atoms with Crippen LogP contribution in [0.2, 0.25) is 0 Å². The Morgan fingerprint density at radius 3 is 2.69 bits per heavy atom. The van der Waals surface area contributed by atoms with E-state index >= 15 is 0 Å². The highest BCUT2D eigenvalue weighted by atomic mass is 32.2. The van der Waals surface area contributed by atoms with Gasteiger partial charge in [0, 0.05) is 24.4 Å². The van der Waals surface area contributed by atoms with E-state index in [0.717, 1.165) is 17.7 Å². The summed E-state index contributed by atoms with van der Waals surface area (Å²) in [6.45, 7) is 0.679. The van der Waals surface area contributed by atoms with Gasteiger partial charge < -0.3 is 9.84 Å². The topological polar surface area (TPSA) is 29.5 Å². The highest BCUT2D eigenvalue weighted by Gasteiger charge is 2.04. The van der Waals surface area contributed by atoms with E-state index in [1.54, 1.807) is 19.2 Å². The minimum Gasteiger partial charge on any atom is -0.392 e. The molecule has 1 unspecified atom stereocenters. The summed E-state index contributed by atoms with van der Waals surface area (Å²) in [5, 5.41) is 9.64. The highest BCUT2D eigenvalue weighted by molar-refractivity contribution is 7.99. The number of thioether (sulfide) groups is 1. The van der Waals surface area contributed by atoms with Crippen LogP contribution in [0, 0.1) is 5.82 Å². The van der Waals surface area contributed by atoms with Crippen LogP contribution in [-0.4, -0.2) is 30.7 Å². The van der Waals surface area contributed by atoms with Gasteiger partial charge in [-0.1, -0.05) is 0 Å². The Morgan fingerprint density at radius 1 is 1.38 bits per heavy atom. The summed E-state index contributed by atoms with van der Waals surface area (Å²) in [6, 6.07) is 6.31. The number of hydrogen-bond donors (Lipinski definition) is 1. The molecule has 1 aromatic carbocycles. The van der Waals surface area contributed by atoms with E-state index in [2.05, 4.69) is 0 Å². The van der Waals surface area contributed by atoms with Gasteiger partial charge in [-0.15, -0.1) is 11.8 Å². The fourth-order valence-electron chi connectivity index (χ4n) is 1.27. The monoisotopic (exact) mass is 244 g/mol. The fraction of sp³-hybridized carbons (Fsp3) is 0.500. The van der Waals surface area contributed by atoms with Gasteiger partial charge in [0.05, 0.1) is 6.10 Å². The maximum Gasteiger partial charge on any atom is 0.123 e. The van der Waals surface area contributed by atoms with Crippen molar-refractivity contribution in [1.82, 2.24) is 0 Å². The van der Waals surface area contributed by atoms with Crippen molar-refractivity contribution < 1.29 is 14.2 Å². The van der Waals surface area contributed by atoms with Crippen LogP contribution in [0.3, 0.4) is 0 Å². The van der Waals surface area contributed by atoms with Gasteiger partial charge in [0.1, 0.15) is 5.82 Å². The number of hydrogen-bond acceptors (Lipinski definition) is 3. The van der Waals surface area contributed by atoms with Crippen molar-refractivity contribution >= 4 is 11.8 Å². The predicted octanol–water partition coefficient (Wildman–Crippen LogP) is 2.71. The van der Waals surface area contributed by atoms with E-state index in [0.29, 0.717) is 12.4 Å². The van der Waals surface area contributed by atoms with Gasteiger partial charge in [-0.25, -0.2) is 4.39 Å². The molecule has 4 heteroatoms. The van der Waals surface area contributed by atoms with Crippen LogP contribution in [0.1, 0.15) is 12.8 Å². The first-order chi connectivity index (χ1) is 7.72. The van der Waals surface area contributed by atoms with Gasteiger partial charge in [-0.2, -0.15) is 0 Å². The Morgan fingerprint density at radius 2 is 2.06 bits per heavy atom. The molecule has 1 N–H and O–H groups in total. The van der Waals surface area contributed by atoms with Crippen LogP contribution in [0.4, 0.5) is 4.39 Å². The smallest absolute Gasteiger partial charge is 0.123 e. The molecule has 0 heterocycles. The maximum absolute atomic E-state index is 12.6. The Hall–Kier alpha value is -0.580. The highest BCUT2D eigenvalue weighted by Crippen LogP contribution is 2.20. The Labute approximate surface area is 99.8 Å². The van der Waals surface area contributed by atoms with Crippen LogP contribution < -0.4 is 0 Å². The second kappa shape index (κ2) is 7.65. The number of aliphatic hydroxyl groups excluding tert-OH is 1. The van der Waals surface area contributed by atoms with Gasteiger partial charge in [0.25, 0.3) is 0 Å². The van der Waals surface area contributed by atoms with Crippen molar-refractivity contribution in [1.29, 1.82) is 0 Å². The molecule has 0 aliphatic rings. The van der Waals surface area contributed by atoms with Crippen LogP contribution in [-0.2, 0) is 4.74 Å². The lowest BCUT2D eigenvalue weighted by Gasteiger charge is -2.09. The number of rotatable bonds is 7. The Balaban J connectivity index is 2.20. The zero-order valence-electron chi connectivity index (χ0n) is 9.36. The molecule has 0 amide bonds. The Kier molecular flexibility index (Phi) is 6.45. The molecule has 1 atom stereocenters. The van der Waals surface area contributed by atoms with Crippen LogP contribution in [0.15, 0.2) is 29.2 Å². The van der Waals surface area contributed by atoms with Crippen LogP contribution in [0.25, 0.3) is 0 Å². The summed E-state index contributed by atoms with van der Waals surface area (Å²) in [6.07, 6.45) is 1.27. The molecule has 0 bridgehead atoms. The van der Waals surface area contributed by atoms with Gasteiger partial charge in [-0.05, 0) is 37.1 Å². The van der Waals surface area contributed by atoms with E-state index in [1.165, 1.54) is 23.9 Å². The predicted molar refractivity (Wildman–Crippen MR) is 64.2 cm³/mol. The lowest BCUT2D eigenvalue weighted by molar-refractivity contribution is 0.149. The molecule has 0 aliphatic carbocycles. The summed E-state index contributed by atoms with van der Waals surface area (Å²) in [7, 11) is 1.65. The summed E-state index contributed by atoms with van der Waals surface area (Å²) in [4.78, 5) is 0.979. The maximum atomic E-state index is 12.6. The van der Waals surface area contributed by atoms with Crippen molar-refractivity contribution in [3.63, 3.8) is 0 Å². The quantitative estimate of drug-likeness (QED) is 0.590. The first kappa shape index (κ1) is 13.5. The van der Waals surface area contributed by atoms with E-state index in [1.807, 2.05) is 0 Å². The summed E-state index contributed by atoms with van der Waals surface area (Å²) in [5.74, 6) is 0.403. The van der Waals surface area contributed by atoms with E-state index in [-0.39, 0.29) is 11.9 Å². The molecular formula is C12H17FO2S. The molecule has 0 aliphatic heterocycles. The molecule has 0 fully saturated rings. The van der Waals surface area contributed by atoms with Gasteiger partial charge >= 0.3 is 0 Å². The van der Waals surface area contributed by atoms with Gasteiger partial charge in [0.15, 0.2) is 0 Å². The molecule has 0 saturated carbocycles. The average Bonchev–Trinajstić information content (AvgIpc) is 2.29.